The summed E-state index contributed by atoms with van der Waals surface area (Å²) in [7, 11) is 0. The zero-order valence-electron chi connectivity index (χ0n) is 21.4. The number of hydrogen-bond donors (Lipinski definition) is 2. The molecule has 0 aromatic carbocycles. The van der Waals surface area contributed by atoms with E-state index in [2.05, 4.69) is 17.6 Å². The van der Waals surface area contributed by atoms with Crippen molar-refractivity contribution in [2.45, 2.75) is 167 Å². The van der Waals surface area contributed by atoms with Crippen molar-refractivity contribution in [2.75, 3.05) is 0 Å². The highest BCUT2D eigenvalue weighted by Gasteiger charge is 2.28. The second kappa shape index (κ2) is 21.8. The van der Waals surface area contributed by atoms with Gasteiger partial charge in [0.15, 0.2) is 0 Å². The fraction of sp³-hybridized carbons (Fsp3) is 0.929. The van der Waals surface area contributed by atoms with Crippen LogP contribution in [-0.2, 0) is 4.79 Å². The molecule has 188 valence electrons. The first kappa shape index (κ1) is 29.0. The molecule has 0 bridgehead atoms. The van der Waals surface area contributed by atoms with Gasteiger partial charge in [0, 0.05) is 0 Å². The van der Waals surface area contributed by atoms with E-state index in [-0.39, 0.29) is 18.0 Å². The molecule has 1 atom stereocenters. The van der Waals surface area contributed by atoms with Gasteiger partial charge in [-0.2, -0.15) is 0 Å². The van der Waals surface area contributed by atoms with E-state index in [1.807, 2.05) is 0 Å². The molecule has 0 aliphatic carbocycles. The van der Waals surface area contributed by atoms with E-state index in [4.69, 9.17) is 0 Å². The summed E-state index contributed by atoms with van der Waals surface area (Å²) in [6.07, 6.45) is 32.7. The Morgan fingerprint density at radius 3 is 1.09 bits per heavy atom. The highest BCUT2D eigenvalue weighted by Crippen LogP contribution is 2.16. The highest BCUT2D eigenvalue weighted by molar-refractivity contribution is 6.04. The molecule has 0 radical (unpaired) electrons. The second-order valence-electron chi connectivity index (χ2n) is 10.1. The summed E-state index contributed by atoms with van der Waals surface area (Å²) in [6.45, 7) is 2.29. The van der Waals surface area contributed by atoms with Gasteiger partial charge in [0.25, 0.3) is 5.91 Å². The lowest BCUT2D eigenvalue weighted by Gasteiger charge is -2.06. The molecule has 1 fully saturated rings. The van der Waals surface area contributed by atoms with Gasteiger partial charge in [0.2, 0.25) is 0 Å². The number of carbonyl (C=O) groups excluding carboxylic acids is 2. The summed E-state index contributed by atoms with van der Waals surface area (Å²) in [5.74, 6) is -0.159. The molecule has 1 heterocycles. The van der Waals surface area contributed by atoms with Gasteiger partial charge in [-0.15, -0.1) is 0 Å². The Balaban J connectivity index is 1.66. The van der Waals surface area contributed by atoms with Gasteiger partial charge in [-0.25, -0.2) is 4.79 Å². The molecule has 0 spiro atoms. The van der Waals surface area contributed by atoms with Crippen molar-refractivity contribution in [1.82, 2.24) is 10.6 Å². The van der Waals surface area contributed by atoms with Crippen LogP contribution < -0.4 is 10.6 Å². The standard InChI is InChI=1S/C28H54N2O2/c1-2-3-4-5-6-7-8-9-10-11-12-13-14-15-16-17-18-19-20-21-22-23-24-25-26-27(31)30-28(32)29-26/h26H,2-25H2,1H3,(H2,29,30,31,32). The SMILES string of the molecule is CCCCCCCCCCCCCCCCCCCCCCCCCC1NC(=O)NC1=O. The lowest BCUT2D eigenvalue weighted by atomic mass is 10.0. The van der Waals surface area contributed by atoms with Crippen LogP contribution in [0.5, 0.6) is 0 Å². The first-order chi connectivity index (χ1) is 15.7. The normalized spacial score (nSPS) is 15.8. The van der Waals surface area contributed by atoms with Crippen LogP contribution in [0.2, 0.25) is 0 Å². The molecule has 1 aliphatic heterocycles. The Kier molecular flexibility index (Phi) is 19.7. The molecule has 1 aliphatic rings. The topological polar surface area (TPSA) is 58.2 Å². The van der Waals surface area contributed by atoms with E-state index in [9.17, 15) is 9.59 Å². The van der Waals surface area contributed by atoms with Crippen LogP contribution >= 0.6 is 0 Å². The van der Waals surface area contributed by atoms with Crippen molar-refractivity contribution >= 4 is 11.9 Å². The summed E-state index contributed by atoms with van der Waals surface area (Å²) in [4.78, 5) is 22.5. The molecule has 1 saturated heterocycles. The maximum absolute atomic E-state index is 11.4. The highest BCUT2D eigenvalue weighted by atomic mass is 16.2. The van der Waals surface area contributed by atoms with E-state index in [1.165, 1.54) is 141 Å². The van der Waals surface area contributed by atoms with Crippen molar-refractivity contribution in [1.29, 1.82) is 0 Å². The fourth-order valence-electron chi connectivity index (χ4n) is 4.80. The average Bonchev–Trinajstić information content (AvgIpc) is 3.11. The van der Waals surface area contributed by atoms with Crippen molar-refractivity contribution in [3.8, 4) is 0 Å². The van der Waals surface area contributed by atoms with E-state index in [0.29, 0.717) is 0 Å². The van der Waals surface area contributed by atoms with E-state index >= 15 is 0 Å². The maximum Gasteiger partial charge on any atom is 0.322 e. The molecule has 1 rings (SSSR count). The number of nitrogens with one attached hydrogen (secondary N) is 2. The number of rotatable bonds is 24. The molecule has 0 saturated carbocycles. The molecule has 0 aromatic heterocycles. The second-order valence-corrected chi connectivity index (χ2v) is 10.1. The Bertz CT molecular complexity index is 453. The van der Waals surface area contributed by atoms with Crippen LogP contribution in [0.25, 0.3) is 0 Å². The van der Waals surface area contributed by atoms with Gasteiger partial charge < -0.3 is 5.32 Å². The average molecular weight is 451 g/mol. The Morgan fingerprint density at radius 1 is 0.500 bits per heavy atom. The predicted octanol–water partition coefficient (Wildman–Crippen LogP) is 8.58. The fourth-order valence-corrected chi connectivity index (χ4v) is 4.80. The van der Waals surface area contributed by atoms with Crippen molar-refractivity contribution in [3.63, 3.8) is 0 Å². The van der Waals surface area contributed by atoms with Gasteiger partial charge in [0.1, 0.15) is 6.04 Å². The van der Waals surface area contributed by atoms with E-state index in [0.717, 1.165) is 12.8 Å². The number of unbranched alkanes of at least 4 members (excludes halogenated alkanes) is 22. The zero-order chi connectivity index (χ0) is 23.1. The van der Waals surface area contributed by atoms with Crippen molar-refractivity contribution < 1.29 is 9.59 Å². The summed E-state index contributed by atoms with van der Waals surface area (Å²) in [5, 5.41) is 4.96. The lowest BCUT2D eigenvalue weighted by molar-refractivity contribution is -0.120. The molecular formula is C28H54N2O2. The summed E-state index contributed by atoms with van der Waals surface area (Å²) >= 11 is 0. The molecule has 0 aromatic rings. The number of amides is 3. The van der Waals surface area contributed by atoms with Gasteiger partial charge in [-0.1, -0.05) is 155 Å². The third-order valence-electron chi connectivity index (χ3n) is 6.95. The Hall–Kier alpha value is -1.06. The van der Waals surface area contributed by atoms with Crippen LogP contribution in [0.4, 0.5) is 4.79 Å². The number of carbonyl (C=O) groups is 2. The van der Waals surface area contributed by atoms with E-state index < -0.39 is 0 Å². The summed E-state index contributed by atoms with van der Waals surface area (Å²) in [5.41, 5.74) is 0. The first-order valence-corrected chi connectivity index (χ1v) is 14.4. The number of imide groups is 1. The third-order valence-corrected chi connectivity index (χ3v) is 6.95. The summed E-state index contributed by atoms with van der Waals surface area (Å²) in [6, 6.07) is -0.633. The monoisotopic (exact) mass is 450 g/mol. The maximum atomic E-state index is 11.4. The van der Waals surface area contributed by atoms with Crippen LogP contribution in [0.1, 0.15) is 161 Å². The minimum Gasteiger partial charge on any atom is -0.326 e. The van der Waals surface area contributed by atoms with Crippen molar-refractivity contribution in [2.24, 2.45) is 0 Å². The summed E-state index contributed by atoms with van der Waals surface area (Å²) < 4.78 is 0. The van der Waals surface area contributed by atoms with E-state index in [1.54, 1.807) is 0 Å². The third kappa shape index (κ3) is 17.5. The minimum absolute atomic E-state index is 0.159. The molecular weight excluding hydrogens is 396 g/mol. The van der Waals surface area contributed by atoms with Crippen LogP contribution in [0.15, 0.2) is 0 Å². The number of urea groups is 1. The lowest BCUT2D eigenvalue weighted by Crippen LogP contribution is -2.28. The Morgan fingerprint density at radius 2 is 0.812 bits per heavy atom. The molecule has 2 N–H and O–H groups in total. The first-order valence-electron chi connectivity index (χ1n) is 14.4. The van der Waals surface area contributed by atoms with Gasteiger partial charge in [0.05, 0.1) is 0 Å². The van der Waals surface area contributed by atoms with Gasteiger partial charge >= 0.3 is 6.03 Å². The zero-order valence-corrected chi connectivity index (χ0v) is 21.4. The van der Waals surface area contributed by atoms with Crippen molar-refractivity contribution in [3.05, 3.63) is 0 Å². The van der Waals surface area contributed by atoms with Crippen LogP contribution in [-0.4, -0.2) is 18.0 Å². The largest absolute Gasteiger partial charge is 0.326 e. The molecule has 4 nitrogen and oxygen atoms in total. The quantitative estimate of drug-likeness (QED) is 0.114. The molecule has 1 unspecified atom stereocenters. The molecule has 4 heteroatoms. The molecule has 32 heavy (non-hydrogen) atoms. The van der Waals surface area contributed by atoms with Gasteiger partial charge in [-0.3, -0.25) is 10.1 Å². The Labute approximate surface area is 199 Å². The smallest absolute Gasteiger partial charge is 0.322 e. The molecule has 3 amide bonds. The van der Waals surface area contributed by atoms with Gasteiger partial charge in [-0.05, 0) is 6.42 Å². The van der Waals surface area contributed by atoms with Crippen LogP contribution in [0.3, 0.4) is 0 Å². The minimum atomic E-state index is -0.339. The predicted molar refractivity (Wildman–Crippen MR) is 137 cm³/mol. The number of hydrogen-bond acceptors (Lipinski definition) is 2. The van der Waals surface area contributed by atoms with Crippen LogP contribution in [0, 0.1) is 0 Å².